The number of thiophene rings is 1. The largest absolute Gasteiger partial charge is 0.332 e. The highest BCUT2D eigenvalue weighted by Crippen LogP contribution is 2.32. The van der Waals surface area contributed by atoms with Gasteiger partial charge in [-0.15, -0.1) is 11.3 Å². The predicted molar refractivity (Wildman–Crippen MR) is 147 cm³/mol. The molecule has 1 aromatic heterocycles. The van der Waals surface area contributed by atoms with Gasteiger partial charge in [-0.2, -0.15) is 4.31 Å². The van der Waals surface area contributed by atoms with Crippen molar-refractivity contribution in [1.82, 2.24) is 9.21 Å². The molecule has 192 valence electrons. The SMILES string of the molecule is Cc1ccc(CN(Cc2ccccc2)C(=O)CN(C2CCCCC2)S(=O)(=O)c2cc(Cl)ccc2Cl)s1. The van der Waals surface area contributed by atoms with Crippen LogP contribution < -0.4 is 0 Å². The van der Waals surface area contributed by atoms with E-state index in [9.17, 15) is 13.2 Å². The summed E-state index contributed by atoms with van der Waals surface area (Å²) in [6.07, 6.45) is 4.35. The zero-order chi connectivity index (χ0) is 25.7. The number of amides is 1. The number of carbonyl (C=O) groups is 1. The minimum absolute atomic E-state index is 0.0569. The zero-order valence-corrected chi connectivity index (χ0v) is 23.3. The van der Waals surface area contributed by atoms with E-state index in [-0.39, 0.29) is 33.4 Å². The smallest absolute Gasteiger partial charge is 0.245 e. The summed E-state index contributed by atoms with van der Waals surface area (Å²) in [5, 5.41) is 0.384. The van der Waals surface area contributed by atoms with Crippen LogP contribution in [0.3, 0.4) is 0 Å². The molecule has 0 atom stereocenters. The van der Waals surface area contributed by atoms with Gasteiger partial charge in [0.25, 0.3) is 0 Å². The topological polar surface area (TPSA) is 57.7 Å². The van der Waals surface area contributed by atoms with Crippen molar-refractivity contribution >= 4 is 50.5 Å². The Bertz CT molecular complexity index is 1290. The van der Waals surface area contributed by atoms with E-state index in [1.54, 1.807) is 22.3 Å². The maximum absolute atomic E-state index is 13.9. The fourth-order valence-corrected chi connectivity index (χ4v) is 7.89. The van der Waals surface area contributed by atoms with Gasteiger partial charge in [0.15, 0.2) is 0 Å². The molecule has 0 N–H and O–H groups in total. The number of carbonyl (C=O) groups excluding carboxylic acids is 1. The first-order valence-corrected chi connectivity index (χ1v) is 15.1. The van der Waals surface area contributed by atoms with Gasteiger partial charge in [0.1, 0.15) is 4.90 Å². The van der Waals surface area contributed by atoms with Crippen molar-refractivity contribution in [3.63, 3.8) is 0 Å². The van der Waals surface area contributed by atoms with Crippen LogP contribution >= 0.6 is 34.5 Å². The lowest BCUT2D eigenvalue weighted by atomic mass is 9.95. The maximum atomic E-state index is 13.9. The molecule has 1 aliphatic rings. The third-order valence-electron chi connectivity index (χ3n) is 6.46. The van der Waals surface area contributed by atoms with Gasteiger partial charge in [0.2, 0.25) is 15.9 Å². The lowest BCUT2D eigenvalue weighted by molar-refractivity contribution is -0.133. The van der Waals surface area contributed by atoms with E-state index < -0.39 is 10.0 Å². The number of aryl methyl sites for hydroxylation is 1. The average molecular weight is 566 g/mol. The second kappa shape index (κ2) is 12.1. The van der Waals surface area contributed by atoms with Gasteiger partial charge in [-0.3, -0.25) is 4.79 Å². The first-order chi connectivity index (χ1) is 17.2. The van der Waals surface area contributed by atoms with Crippen molar-refractivity contribution in [2.75, 3.05) is 6.54 Å². The van der Waals surface area contributed by atoms with Crippen LogP contribution in [0.4, 0.5) is 0 Å². The summed E-state index contributed by atoms with van der Waals surface area (Å²) >= 11 is 14.1. The molecule has 0 saturated heterocycles. The molecule has 0 aliphatic heterocycles. The second-order valence-corrected chi connectivity index (χ2v) is 13.2. The summed E-state index contributed by atoms with van der Waals surface area (Å²) in [5.41, 5.74) is 0.990. The predicted octanol–water partition coefficient (Wildman–Crippen LogP) is 6.92. The minimum Gasteiger partial charge on any atom is -0.332 e. The molecule has 1 fully saturated rings. The third kappa shape index (κ3) is 6.69. The quantitative estimate of drug-likeness (QED) is 0.283. The van der Waals surface area contributed by atoms with Crippen LogP contribution in [-0.2, 0) is 27.9 Å². The zero-order valence-electron chi connectivity index (χ0n) is 20.2. The van der Waals surface area contributed by atoms with Gasteiger partial charge >= 0.3 is 0 Å². The van der Waals surface area contributed by atoms with Gasteiger partial charge in [-0.25, -0.2) is 8.42 Å². The van der Waals surface area contributed by atoms with E-state index in [0.29, 0.717) is 25.9 Å². The standard InChI is InChI=1S/C27H30Cl2N2O3S2/c1-20-12-14-24(35-20)18-30(17-21-8-4-2-5-9-21)27(32)19-31(23-10-6-3-7-11-23)36(33,34)26-16-22(28)13-15-25(26)29/h2,4-5,8-9,12-16,23H,3,6-7,10-11,17-19H2,1H3. The van der Waals surface area contributed by atoms with E-state index in [0.717, 1.165) is 29.7 Å². The van der Waals surface area contributed by atoms with E-state index in [1.807, 2.05) is 49.4 Å². The Morgan fingerprint density at radius 1 is 0.972 bits per heavy atom. The van der Waals surface area contributed by atoms with Crippen molar-refractivity contribution in [2.45, 2.75) is 63.1 Å². The van der Waals surface area contributed by atoms with Crippen LogP contribution in [0.5, 0.6) is 0 Å². The van der Waals surface area contributed by atoms with Crippen LogP contribution in [0.15, 0.2) is 65.6 Å². The minimum atomic E-state index is -4.05. The Kier molecular flexibility index (Phi) is 9.12. The van der Waals surface area contributed by atoms with Crippen LogP contribution in [0.25, 0.3) is 0 Å². The lowest BCUT2D eigenvalue weighted by Gasteiger charge is -2.34. The normalized spacial score (nSPS) is 14.8. The number of rotatable bonds is 9. The average Bonchev–Trinajstić information content (AvgIpc) is 3.29. The van der Waals surface area contributed by atoms with Gasteiger partial charge in [0, 0.05) is 27.4 Å². The van der Waals surface area contributed by atoms with Gasteiger partial charge in [-0.1, -0.05) is 72.8 Å². The first kappa shape index (κ1) is 27.1. The molecule has 0 unspecified atom stereocenters. The maximum Gasteiger partial charge on any atom is 0.245 e. The Morgan fingerprint density at radius 3 is 2.36 bits per heavy atom. The highest BCUT2D eigenvalue weighted by molar-refractivity contribution is 7.89. The third-order valence-corrected chi connectivity index (χ3v) is 10.1. The highest BCUT2D eigenvalue weighted by Gasteiger charge is 2.36. The Morgan fingerprint density at radius 2 is 1.69 bits per heavy atom. The van der Waals surface area contributed by atoms with Crippen molar-refractivity contribution in [3.8, 4) is 0 Å². The van der Waals surface area contributed by atoms with Crippen LogP contribution in [0.1, 0.15) is 47.4 Å². The van der Waals surface area contributed by atoms with E-state index >= 15 is 0 Å². The molecule has 36 heavy (non-hydrogen) atoms. The Labute approximate surface area is 227 Å². The fraction of sp³-hybridized carbons (Fsp3) is 0.370. The Hall–Kier alpha value is -1.90. The molecule has 9 heteroatoms. The summed E-state index contributed by atoms with van der Waals surface area (Å²) in [6, 6.07) is 18.0. The monoisotopic (exact) mass is 564 g/mol. The molecule has 1 amide bonds. The van der Waals surface area contributed by atoms with Crippen LogP contribution in [0, 0.1) is 6.92 Å². The number of sulfonamides is 1. The van der Waals surface area contributed by atoms with Crippen molar-refractivity contribution in [1.29, 1.82) is 0 Å². The van der Waals surface area contributed by atoms with Gasteiger partial charge < -0.3 is 4.90 Å². The Balaban J connectivity index is 1.66. The number of nitrogens with zero attached hydrogens (tertiary/aromatic N) is 2. The highest BCUT2D eigenvalue weighted by atomic mass is 35.5. The number of hydrogen-bond acceptors (Lipinski definition) is 4. The molecule has 0 spiro atoms. The summed E-state index contributed by atoms with van der Waals surface area (Å²) < 4.78 is 29.2. The van der Waals surface area contributed by atoms with Crippen LogP contribution in [0.2, 0.25) is 10.0 Å². The van der Waals surface area contributed by atoms with Crippen molar-refractivity contribution < 1.29 is 13.2 Å². The number of halogens is 2. The summed E-state index contributed by atoms with van der Waals surface area (Å²) in [4.78, 5) is 17.7. The molecular weight excluding hydrogens is 535 g/mol. The summed E-state index contributed by atoms with van der Waals surface area (Å²) in [6.45, 7) is 2.60. The van der Waals surface area contributed by atoms with E-state index in [2.05, 4.69) is 0 Å². The van der Waals surface area contributed by atoms with E-state index in [1.165, 1.54) is 21.3 Å². The molecule has 1 saturated carbocycles. The van der Waals surface area contributed by atoms with Crippen molar-refractivity contribution in [3.05, 3.63) is 86.0 Å². The molecule has 0 radical (unpaired) electrons. The number of benzene rings is 2. The molecule has 5 nitrogen and oxygen atoms in total. The molecule has 2 aromatic carbocycles. The molecule has 4 rings (SSSR count). The summed E-state index contributed by atoms with van der Waals surface area (Å²) in [7, 11) is -4.05. The molecular formula is C27H30Cl2N2O3S2. The second-order valence-electron chi connectivity index (χ2n) is 9.16. The van der Waals surface area contributed by atoms with Gasteiger partial charge in [0.05, 0.1) is 18.1 Å². The van der Waals surface area contributed by atoms with Crippen LogP contribution in [-0.4, -0.2) is 36.1 Å². The molecule has 1 heterocycles. The fourth-order valence-electron chi connectivity index (χ4n) is 4.61. The first-order valence-electron chi connectivity index (χ1n) is 12.1. The lowest BCUT2D eigenvalue weighted by Crippen LogP contribution is -2.47. The molecule has 3 aromatic rings. The van der Waals surface area contributed by atoms with Crippen molar-refractivity contribution in [2.24, 2.45) is 0 Å². The van der Waals surface area contributed by atoms with E-state index in [4.69, 9.17) is 23.2 Å². The van der Waals surface area contributed by atoms with Gasteiger partial charge in [-0.05, 0) is 55.7 Å². The summed E-state index contributed by atoms with van der Waals surface area (Å²) in [5.74, 6) is -0.239. The molecule has 0 bridgehead atoms. The molecule has 1 aliphatic carbocycles. The number of hydrogen-bond donors (Lipinski definition) is 0.